The summed E-state index contributed by atoms with van der Waals surface area (Å²) in [5, 5.41) is 10.9. The monoisotopic (exact) mass is 460 g/mol. The third kappa shape index (κ3) is 6.12. The van der Waals surface area contributed by atoms with Gasteiger partial charge < -0.3 is 21.1 Å². The van der Waals surface area contributed by atoms with Gasteiger partial charge in [-0.2, -0.15) is 4.98 Å². The number of ether oxygens (including phenoxy) is 1. The minimum Gasteiger partial charge on any atom is -0.493 e. The Bertz CT molecular complexity index is 1240. The lowest BCUT2D eigenvalue weighted by Crippen LogP contribution is -2.14. The topological polar surface area (TPSA) is 162 Å². The molecule has 1 aromatic heterocycles. The third-order valence-electron chi connectivity index (χ3n) is 4.23. The lowest BCUT2D eigenvalue weighted by molar-refractivity contribution is -0.118. The van der Waals surface area contributed by atoms with Gasteiger partial charge in [0.1, 0.15) is 5.75 Å². The Kier molecular flexibility index (Phi) is 6.85. The highest BCUT2D eigenvalue weighted by molar-refractivity contribution is 7.89. The van der Waals surface area contributed by atoms with E-state index in [0.29, 0.717) is 22.7 Å². The van der Waals surface area contributed by atoms with E-state index in [0.717, 1.165) is 6.20 Å². The van der Waals surface area contributed by atoms with Crippen molar-refractivity contribution in [2.45, 2.75) is 18.2 Å². The number of sulfonamides is 1. The Labute approximate surface area is 183 Å². The number of nitrogens with two attached hydrogens (primary N) is 2. The van der Waals surface area contributed by atoms with Crippen LogP contribution < -0.4 is 26.2 Å². The molecule has 0 spiro atoms. The number of rotatable bonds is 9. The van der Waals surface area contributed by atoms with Crippen LogP contribution in [0, 0.1) is 12.7 Å². The van der Waals surface area contributed by atoms with Crippen molar-refractivity contribution >= 4 is 39.1 Å². The highest BCUT2D eigenvalue weighted by Crippen LogP contribution is 2.24. The number of primary sulfonamides is 1. The standard InChI is InChI=1S/C20H21FN6O4S/c1-12-2-3-14(10-17(12)32(23,29)30)26-20-24-11-16(21)19(27-20)25-13-4-6-15(7-5-13)31-9-8-18(22)28/h2-7,10-11H,8-9H2,1H3,(H2,22,28)(H2,23,29,30)(H2,24,25,26,27). The molecule has 168 valence electrons. The van der Waals surface area contributed by atoms with Gasteiger partial charge in [-0.25, -0.2) is 22.9 Å². The van der Waals surface area contributed by atoms with Gasteiger partial charge in [-0.1, -0.05) is 6.07 Å². The molecule has 0 aliphatic heterocycles. The largest absolute Gasteiger partial charge is 0.493 e. The van der Waals surface area contributed by atoms with Crippen LogP contribution in [-0.4, -0.2) is 30.9 Å². The molecular formula is C20H21FN6O4S. The van der Waals surface area contributed by atoms with Crippen LogP contribution in [0.5, 0.6) is 5.75 Å². The summed E-state index contributed by atoms with van der Waals surface area (Å²) >= 11 is 0. The Morgan fingerprint density at radius 3 is 2.47 bits per heavy atom. The summed E-state index contributed by atoms with van der Waals surface area (Å²) in [6.07, 6.45) is 1.08. The second-order valence-electron chi connectivity index (χ2n) is 6.75. The molecule has 0 unspecified atom stereocenters. The first-order valence-corrected chi connectivity index (χ1v) is 10.9. The van der Waals surface area contributed by atoms with Gasteiger partial charge in [-0.15, -0.1) is 0 Å². The van der Waals surface area contributed by atoms with E-state index in [1.165, 1.54) is 6.07 Å². The molecule has 0 atom stereocenters. The van der Waals surface area contributed by atoms with Crippen molar-refractivity contribution in [1.29, 1.82) is 0 Å². The Balaban J connectivity index is 1.73. The van der Waals surface area contributed by atoms with Gasteiger partial charge >= 0.3 is 0 Å². The molecule has 0 aliphatic carbocycles. The number of hydrogen-bond acceptors (Lipinski definition) is 8. The van der Waals surface area contributed by atoms with E-state index < -0.39 is 21.7 Å². The van der Waals surface area contributed by atoms with E-state index >= 15 is 0 Å². The maximum Gasteiger partial charge on any atom is 0.238 e. The summed E-state index contributed by atoms with van der Waals surface area (Å²) in [4.78, 5) is 18.7. The highest BCUT2D eigenvalue weighted by Gasteiger charge is 2.13. The fraction of sp³-hybridized carbons (Fsp3) is 0.150. The highest BCUT2D eigenvalue weighted by atomic mass is 32.2. The van der Waals surface area contributed by atoms with Crippen LogP contribution in [-0.2, 0) is 14.8 Å². The molecule has 0 saturated carbocycles. The van der Waals surface area contributed by atoms with Gasteiger partial charge in [-0.3, -0.25) is 4.79 Å². The number of aromatic nitrogens is 2. The van der Waals surface area contributed by atoms with Gasteiger partial charge in [0.05, 0.1) is 24.1 Å². The van der Waals surface area contributed by atoms with Crippen molar-refractivity contribution in [3.05, 3.63) is 60.0 Å². The Hall–Kier alpha value is -3.77. The van der Waals surface area contributed by atoms with E-state index in [9.17, 15) is 17.6 Å². The van der Waals surface area contributed by atoms with Crippen molar-refractivity contribution < 1.29 is 22.3 Å². The van der Waals surface area contributed by atoms with E-state index in [-0.39, 0.29) is 29.7 Å². The molecule has 0 bridgehead atoms. The smallest absolute Gasteiger partial charge is 0.238 e. The number of nitrogens with one attached hydrogen (secondary N) is 2. The summed E-state index contributed by atoms with van der Waals surface area (Å²) in [6, 6.07) is 11.1. The first-order valence-electron chi connectivity index (χ1n) is 9.33. The normalized spacial score (nSPS) is 11.1. The summed E-state index contributed by atoms with van der Waals surface area (Å²) in [6.45, 7) is 1.78. The molecule has 0 aliphatic rings. The van der Waals surface area contributed by atoms with Crippen LogP contribution in [0.15, 0.2) is 53.6 Å². The lowest BCUT2D eigenvalue weighted by Gasteiger charge is -2.11. The second kappa shape index (κ2) is 9.58. The molecule has 3 rings (SSSR count). The van der Waals surface area contributed by atoms with E-state index in [1.54, 1.807) is 43.3 Å². The van der Waals surface area contributed by atoms with Crippen molar-refractivity contribution in [2.24, 2.45) is 10.9 Å². The van der Waals surface area contributed by atoms with Crippen molar-refractivity contribution in [1.82, 2.24) is 9.97 Å². The minimum absolute atomic E-state index is 0.0407. The number of amides is 1. The van der Waals surface area contributed by atoms with Crippen LogP contribution >= 0.6 is 0 Å². The fourth-order valence-electron chi connectivity index (χ4n) is 2.67. The molecule has 12 heteroatoms. The van der Waals surface area contributed by atoms with Gasteiger partial charge in [0, 0.05) is 11.4 Å². The second-order valence-corrected chi connectivity index (χ2v) is 8.28. The number of aryl methyl sites for hydroxylation is 1. The maximum absolute atomic E-state index is 14.2. The van der Waals surface area contributed by atoms with Gasteiger partial charge in [0.2, 0.25) is 21.9 Å². The molecule has 0 saturated heterocycles. The minimum atomic E-state index is -3.90. The summed E-state index contributed by atoms with van der Waals surface area (Å²) in [5.41, 5.74) is 6.45. The predicted octanol–water partition coefficient (Wildman–Crippen LogP) is 2.31. The average molecular weight is 460 g/mol. The number of benzene rings is 2. The van der Waals surface area contributed by atoms with Gasteiger partial charge in [0.25, 0.3) is 0 Å². The lowest BCUT2D eigenvalue weighted by atomic mass is 10.2. The van der Waals surface area contributed by atoms with Crippen LogP contribution in [0.25, 0.3) is 0 Å². The molecule has 6 N–H and O–H groups in total. The Morgan fingerprint density at radius 1 is 1.12 bits per heavy atom. The van der Waals surface area contributed by atoms with Gasteiger partial charge in [-0.05, 0) is 48.9 Å². The molecule has 0 fully saturated rings. The van der Waals surface area contributed by atoms with Crippen molar-refractivity contribution in [3.8, 4) is 5.75 Å². The van der Waals surface area contributed by atoms with Crippen LogP contribution in [0.3, 0.4) is 0 Å². The number of carbonyl (C=O) groups is 1. The SMILES string of the molecule is Cc1ccc(Nc2ncc(F)c(Nc3ccc(OCCC(N)=O)cc3)n2)cc1S(N)(=O)=O. The van der Waals surface area contributed by atoms with E-state index in [4.69, 9.17) is 15.6 Å². The molecular weight excluding hydrogens is 439 g/mol. The third-order valence-corrected chi connectivity index (χ3v) is 5.28. The average Bonchev–Trinajstić information content (AvgIpc) is 2.72. The summed E-state index contributed by atoms with van der Waals surface area (Å²) in [5.74, 6) is -0.675. The van der Waals surface area contributed by atoms with Crippen LogP contribution in [0.4, 0.5) is 27.5 Å². The number of anilines is 4. The van der Waals surface area contributed by atoms with E-state index in [1.807, 2.05) is 0 Å². The molecule has 1 heterocycles. The number of primary amides is 1. The molecule has 32 heavy (non-hydrogen) atoms. The first kappa shape index (κ1) is 22.9. The zero-order valence-electron chi connectivity index (χ0n) is 17.0. The molecule has 1 amide bonds. The first-order chi connectivity index (χ1) is 15.1. The number of hydrogen-bond donors (Lipinski definition) is 4. The van der Waals surface area contributed by atoms with Crippen molar-refractivity contribution in [3.63, 3.8) is 0 Å². The zero-order valence-corrected chi connectivity index (χ0v) is 17.8. The van der Waals surface area contributed by atoms with Crippen LogP contribution in [0.2, 0.25) is 0 Å². The molecule has 3 aromatic rings. The summed E-state index contributed by atoms with van der Waals surface area (Å²) in [7, 11) is -3.90. The number of halogens is 1. The van der Waals surface area contributed by atoms with Crippen LogP contribution in [0.1, 0.15) is 12.0 Å². The number of nitrogens with zero attached hydrogens (tertiary/aromatic N) is 2. The fourth-order valence-corrected chi connectivity index (χ4v) is 3.48. The van der Waals surface area contributed by atoms with Gasteiger partial charge in [0.15, 0.2) is 11.6 Å². The number of carbonyl (C=O) groups excluding carboxylic acids is 1. The summed E-state index contributed by atoms with van der Waals surface area (Å²) < 4.78 is 43.0. The van der Waals surface area contributed by atoms with E-state index in [2.05, 4.69) is 20.6 Å². The quantitative estimate of drug-likeness (QED) is 0.378. The molecule has 10 nitrogen and oxygen atoms in total. The maximum atomic E-state index is 14.2. The molecule has 0 radical (unpaired) electrons. The predicted molar refractivity (Wildman–Crippen MR) is 117 cm³/mol. The molecule has 2 aromatic carbocycles. The zero-order chi connectivity index (χ0) is 23.3. The Morgan fingerprint density at radius 2 is 1.81 bits per heavy atom. The van der Waals surface area contributed by atoms with Crippen molar-refractivity contribution in [2.75, 3.05) is 17.2 Å².